The summed E-state index contributed by atoms with van der Waals surface area (Å²) in [6, 6.07) is 0. The molecule has 11 fully saturated rings. The third-order valence-electron chi connectivity index (χ3n) is 14.5. The number of fused-ring (bicyclic) bond motifs is 6. The molecule has 1 saturated carbocycles. The van der Waals surface area contributed by atoms with Crippen LogP contribution in [0.25, 0.3) is 0 Å². The molecule has 53 heavy (non-hydrogen) atoms. The minimum Gasteiger partial charge on any atom is -0.380 e. The molecule has 10 aliphatic heterocycles. The number of Topliss-reactive ketones (excluding diaryl/α,β-unsaturated/α-hetero) is 1. The van der Waals surface area contributed by atoms with Crippen molar-refractivity contribution in [1.29, 1.82) is 0 Å². The van der Waals surface area contributed by atoms with Crippen molar-refractivity contribution < 1.29 is 52.5 Å². The largest absolute Gasteiger partial charge is 0.380 e. The molecule has 1 aliphatic carbocycles. The van der Waals surface area contributed by atoms with E-state index in [1.54, 1.807) is 14.2 Å². The highest BCUT2D eigenvalue weighted by Crippen LogP contribution is 2.61. The van der Waals surface area contributed by atoms with Crippen molar-refractivity contribution in [2.45, 2.75) is 187 Å². The second-order valence-electron chi connectivity index (χ2n) is 17.7. The summed E-state index contributed by atoms with van der Waals surface area (Å²) in [4.78, 5) is 14.1. The topological polar surface area (TPSA) is 146 Å². The van der Waals surface area contributed by atoms with Gasteiger partial charge in [-0.05, 0) is 62.5 Å². The Bertz CT molecular complexity index is 1390. The second-order valence-corrected chi connectivity index (χ2v) is 17.7. The maximum absolute atomic E-state index is 14.1. The van der Waals surface area contributed by atoms with Crippen LogP contribution in [0.5, 0.6) is 0 Å². The molecular formula is C41H61NO11. The Morgan fingerprint density at radius 2 is 1.57 bits per heavy atom. The van der Waals surface area contributed by atoms with Crippen LogP contribution in [-0.2, 0) is 47.4 Å². The van der Waals surface area contributed by atoms with Crippen LogP contribution >= 0.6 is 0 Å². The molecule has 0 spiro atoms. The first-order valence-corrected chi connectivity index (χ1v) is 20.6. The first kappa shape index (κ1) is 37.3. The van der Waals surface area contributed by atoms with Gasteiger partial charge in [-0.15, -0.1) is 0 Å². The highest BCUT2D eigenvalue weighted by atomic mass is 16.7. The zero-order chi connectivity index (χ0) is 36.6. The van der Waals surface area contributed by atoms with Gasteiger partial charge in [-0.3, -0.25) is 4.79 Å². The fourth-order valence-corrected chi connectivity index (χ4v) is 11.7. The minimum absolute atomic E-state index is 0.00728. The fourth-order valence-electron chi connectivity index (χ4n) is 11.7. The lowest BCUT2D eigenvalue weighted by molar-refractivity contribution is -0.444. The number of carbonyl (C=O) groups is 1. The predicted octanol–water partition coefficient (Wildman–Crippen LogP) is 3.69. The van der Waals surface area contributed by atoms with Crippen molar-refractivity contribution in [2.75, 3.05) is 20.8 Å². The van der Waals surface area contributed by atoms with Crippen molar-refractivity contribution in [1.82, 2.24) is 0 Å². The molecular weight excluding hydrogens is 682 g/mol. The minimum atomic E-state index is -1.36. The predicted molar refractivity (Wildman–Crippen MR) is 191 cm³/mol. The summed E-state index contributed by atoms with van der Waals surface area (Å²) in [5, 5.41) is 12.2. The van der Waals surface area contributed by atoms with Gasteiger partial charge >= 0.3 is 0 Å². The number of ether oxygens (including phenoxy) is 9. The van der Waals surface area contributed by atoms with Crippen LogP contribution in [0.1, 0.15) is 89.9 Å². The van der Waals surface area contributed by atoms with Crippen LogP contribution in [0.3, 0.4) is 0 Å². The van der Waals surface area contributed by atoms with E-state index in [9.17, 15) is 9.90 Å². The smallest absolute Gasteiger partial charge is 0.168 e. The van der Waals surface area contributed by atoms with Gasteiger partial charge in [0.1, 0.15) is 11.9 Å². The number of carbonyl (C=O) groups excluding carboxylic acids is 1. The summed E-state index contributed by atoms with van der Waals surface area (Å²) in [6.07, 6.45) is 6.72. The average molecular weight is 744 g/mol. The van der Waals surface area contributed by atoms with Gasteiger partial charge in [0.25, 0.3) is 0 Å². The molecule has 0 aromatic heterocycles. The molecule has 0 amide bonds. The molecule has 3 N–H and O–H groups in total. The lowest BCUT2D eigenvalue weighted by atomic mass is 9.56. The molecule has 13 bridgehead atoms. The third-order valence-corrected chi connectivity index (χ3v) is 14.5. The van der Waals surface area contributed by atoms with E-state index in [1.165, 1.54) is 0 Å². The number of methoxy groups -OCH3 is 2. The summed E-state index contributed by atoms with van der Waals surface area (Å²) < 4.78 is 58.6. The summed E-state index contributed by atoms with van der Waals surface area (Å²) >= 11 is 0. The van der Waals surface area contributed by atoms with Gasteiger partial charge in [0, 0.05) is 77.0 Å². The van der Waals surface area contributed by atoms with Gasteiger partial charge in [-0.2, -0.15) is 0 Å². The van der Waals surface area contributed by atoms with Crippen LogP contribution in [0.15, 0.2) is 24.3 Å². The van der Waals surface area contributed by atoms with Crippen LogP contribution in [-0.4, -0.2) is 129 Å². The third kappa shape index (κ3) is 6.94. The van der Waals surface area contributed by atoms with Crippen LogP contribution in [0, 0.1) is 17.8 Å². The van der Waals surface area contributed by atoms with Crippen LogP contribution < -0.4 is 5.73 Å². The van der Waals surface area contributed by atoms with Crippen molar-refractivity contribution in [3.05, 3.63) is 24.3 Å². The number of ketones is 1. The Labute approximate surface area is 313 Å². The summed E-state index contributed by atoms with van der Waals surface area (Å²) in [5.41, 5.74) is 8.21. The Hall–Kier alpha value is -1.29. The second kappa shape index (κ2) is 14.9. The molecule has 10 heterocycles. The van der Waals surface area contributed by atoms with Gasteiger partial charge < -0.3 is 53.5 Å². The van der Waals surface area contributed by atoms with E-state index in [1.807, 2.05) is 0 Å². The molecule has 10 saturated heterocycles. The van der Waals surface area contributed by atoms with E-state index < -0.39 is 5.79 Å². The number of aliphatic hydroxyl groups is 1. The Morgan fingerprint density at radius 3 is 2.36 bits per heavy atom. The van der Waals surface area contributed by atoms with E-state index in [-0.39, 0.29) is 122 Å². The normalized spacial score (nSPS) is 51.6. The molecule has 0 aromatic carbocycles. The van der Waals surface area contributed by atoms with Crippen molar-refractivity contribution in [3.8, 4) is 0 Å². The van der Waals surface area contributed by atoms with E-state index in [0.29, 0.717) is 45.1 Å². The molecule has 0 radical (unpaired) electrons. The molecule has 2 unspecified atom stereocenters. The molecule has 0 aromatic rings. The Balaban J connectivity index is 0.984. The summed E-state index contributed by atoms with van der Waals surface area (Å²) in [7, 11) is 3.36. The van der Waals surface area contributed by atoms with E-state index in [4.69, 9.17) is 48.4 Å². The summed E-state index contributed by atoms with van der Waals surface area (Å²) in [6.45, 7) is 9.18. The maximum atomic E-state index is 14.1. The standard InChI is InChI=1S/C41H61NO11/c1-20-5-6-23-7-9-28-21(2)13-25(48-28)11-12-41(44)18-33-34-38-35(39(34)52-33)40(53-41)37-29(51-38)10-8-24(49-37)14-22(43)15-27-31(17-30(20)47-23)50-32(36(27)46-4)16-26(19-42)45-3/h23-40,44H,1-2,5-19,42H2,3-4H3/t23-,24-,25+,26+,27+,28+,29+,30-,31+,32-,33-,34+,35+,36-,37+,38?,39?,40-,41+/m1/s1. The molecule has 12 heteroatoms. The van der Waals surface area contributed by atoms with E-state index in [0.717, 1.165) is 56.1 Å². The highest BCUT2D eigenvalue weighted by Gasteiger charge is 2.72. The molecule has 19 atom stereocenters. The van der Waals surface area contributed by atoms with E-state index in [2.05, 4.69) is 13.2 Å². The quantitative estimate of drug-likeness (QED) is 0.396. The van der Waals surface area contributed by atoms with E-state index >= 15 is 0 Å². The van der Waals surface area contributed by atoms with Gasteiger partial charge in [0.05, 0.1) is 85.5 Å². The first-order valence-electron chi connectivity index (χ1n) is 20.6. The lowest BCUT2D eigenvalue weighted by Gasteiger charge is -2.70. The maximum Gasteiger partial charge on any atom is 0.168 e. The van der Waals surface area contributed by atoms with Gasteiger partial charge in [-0.25, -0.2) is 0 Å². The monoisotopic (exact) mass is 743 g/mol. The number of rotatable bonds is 5. The van der Waals surface area contributed by atoms with Gasteiger partial charge in [0.15, 0.2) is 5.79 Å². The lowest BCUT2D eigenvalue weighted by Crippen LogP contribution is -2.81. The number of hydrogen-bond acceptors (Lipinski definition) is 12. The SMILES string of the molecule is C=C1C[C@@H]2CC[C@@]3(O)C[C@H]4OC5[C@@H]6C(O[C@H]7CC[C@H](CC(=O)C[C@@H]8[C@@H](OC)[C@@H](C[C@@H](CN)OC)O[C@H]8C[C@H]8O[C@H](CCC8=C)CC[C@@H]1O2)O[C@@H]7[C@@H]6O3)[C@@H]54. The Morgan fingerprint density at radius 1 is 0.792 bits per heavy atom. The van der Waals surface area contributed by atoms with Crippen LogP contribution in [0.2, 0.25) is 0 Å². The van der Waals surface area contributed by atoms with Crippen molar-refractivity contribution >= 4 is 5.78 Å². The zero-order valence-electron chi connectivity index (χ0n) is 31.5. The van der Waals surface area contributed by atoms with Crippen LogP contribution in [0.4, 0.5) is 0 Å². The average Bonchev–Trinajstić information content (AvgIpc) is 3.64. The molecule has 11 aliphatic rings. The zero-order valence-corrected chi connectivity index (χ0v) is 31.5. The van der Waals surface area contributed by atoms with Crippen molar-refractivity contribution in [2.24, 2.45) is 23.5 Å². The van der Waals surface area contributed by atoms with Crippen molar-refractivity contribution in [3.63, 3.8) is 0 Å². The molecule has 296 valence electrons. The first-order chi connectivity index (χ1) is 25.6. The highest BCUT2D eigenvalue weighted by molar-refractivity contribution is 5.79. The molecule has 11 rings (SSSR count). The summed E-state index contributed by atoms with van der Waals surface area (Å²) in [5.74, 6) is -1.13. The number of hydrogen-bond donors (Lipinski definition) is 2. The van der Waals surface area contributed by atoms with Gasteiger partial charge in [0.2, 0.25) is 0 Å². The Kier molecular flexibility index (Phi) is 10.5. The van der Waals surface area contributed by atoms with Gasteiger partial charge in [-0.1, -0.05) is 13.2 Å². The number of nitrogens with two attached hydrogens (primary N) is 1. The fraction of sp³-hybridized carbons (Fsp3) is 0.878. The molecule has 12 nitrogen and oxygen atoms in total.